The van der Waals surface area contributed by atoms with E-state index in [1.807, 2.05) is 0 Å². The maximum atomic E-state index is 11.2. The Kier molecular flexibility index (Phi) is 2.60. The highest BCUT2D eigenvalue weighted by Crippen LogP contribution is 2.32. The van der Waals surface area contributed by atoms with E-state index in [1.54, 1.807) is 0 Å². The fourth-order valence-corrected chi connectivity index (χ4v) is 2.13. The number of ether oxygens (including phenoxy) is 1. The van der Waals surface area contributed by atoms with Crippen molar-refractivity contribution >= 4 is 11.2 Å². The standard InChI is InChI=1S/C9H11N5O5/c15-2-6-9(18,5(16)3-19-6)14-7-4(12-13-14)1-10-8(17)11-7/h1,5-6,15-16,18H,2-3H2,(H,10,11,17)/t5-,6+,9+/m0/s1. The molecule has 102 valence electrons. The molecule has 3 rings (SSSR count). The molecule has 0 unspecified atom stereocenters. The van der Waals surface area contributed by atoms with Crippen LogP contribution in [0.5, 0.6) is 0 Å². The van der Waals surface area contributed by atoms with E-state index in [-0.39, 0.29) is 17.8 Å². The van der Waals surface area contributed by atoms with E-state index < -0.39 is 30.2 Å². The smallest absolute Gasteiger partial charge is 0.346 e. The molecule has 10 heteroatoms. The van der Waals surface area contributed by atoms with Crippen molar-refractivity contribution in [3.05, 3.63) is 16.7 Å². The van der Waals surface area contributed by atoms with Gasteiger partial charge in [0.15, 0.2) is 5.65 Å². The first kappa shape index (κ1) is 12.2. The number of rotatable bonds is 2. The van der Waals surface area contributed by atoms with Crippen molar-refractivity contribution in [3.63, 3.8) is 0 Å². The second-order valence-electron chi connectivity index (χ2n) is 4.23. The number of aromatic amines is 1. The molecule has 0 amide bonds. The zero-order valence-electron chi connectivity index (χ0n) is 9.59. The summed E-state index contributed by atoms with van der Waals surface area (Å²) in [4.78, 5) is 17.1. The molecule has 3 atom stereocenters. The van der Waals surface area contributed by atoms with Gasteiger partial charge < -0.3 is 20.1 Å². The van der Waals surface area contributed by atoms with Gasteiger partial charge in [0, 0.05) is 0 Å². The van der Waals surface area contributed by atoms with E-state index in [0.717, 1.165) is 4.68 Å². The molecule has 0 radical (unpaired) electrons. The number of aromatic nitrogens is 5. The predicted molar refractivity (Wildman–Crippen MR) is 59.0 cm³/mol. The van der Waals surface area contributed by atoms with E-state index in [9.17, 15) is 20.1 Å². The SMILES string of the molecule is O=c1ncc2nnn([C@@]3(O)[C@@H](O)CO[C@@H]3CO)c2[nH]1. The summed E-state index contributed by atoms with van der Waals surface area (Å²) in [5, 5.41) is 37.0. The third-order valence-electron chi connectivity index (χ3n) is 3.15. The van der Waals surface area contributed by atoms with Gasteiger partial charge in [0.25, 0.3) is 0 Å². The van der Waals surface area contributed by atoms with Gasteiger partial charge in [0.2, 0.25) is 5.72 Å². The molecule has 0 saturated carbocycles. The first-order valence-electron chi connectivity index (χ1n) is 5.51. The first-order valence-corrected chi connectivity index (χ1v) is 5.51. The quantitative estimate of drug-likeness (QED) is 0.448. The summed E-state index contributed by atoms with van der Waals surface area (Å²) in [6.07, 6.45) is -1.20. The van der Waals surface area contributed by atoms with E-state index in [1.165, 1.54) is 6.20 Å². The largest absolute Gasteiger partial charge is 0.393 e. The Morgan fingerprint density at radius 2 is 2.42 bits per heavy atom. The van der Waals surface area contributed by atoms with Crippen LogP contribution in [0, 0.1) is 0 Å². The number of aliphatic hydroxyl groups is 3. The van der Waals surface area contributed by atoms with E-state index >= 15 is 0 Å². The van der Waals surface area contributed by atoms with Crippen molar-refractivity contribution in [2.24, 2.45) is 0 Å². The zero-order valence-corrected chi connectivity index (χ0v) is 9.59. The Bertz CT molecular complexity index is 668. The lowest BCUT2D eigenvalue weighted by Gasteiger charge is -2.29. The summed E-state index contributed by atoms with van der Waals surface area (Å²) in [5.41, 5.74) is -2.32. The van der Waals surface area contributed by atoms with Gasteiger partial charge in [0.05, 0.1) is 19.4 Å². The first-order chi connectivity index (χ1) is 9.07. The van der Waals surface area contributed by atoms with Gasteiger partial charge in [-0.15, -0.1) is 5.10 Å². The number of hydrogen-bond acceptors (Lipinski definition) is 8. The summed E-state index contributed by atoms with van der Waals surface area (Å²) < 4.78 is 6.02. The van der Waals surface area contributed by atoms with Crippen molar-refractivity contribution in [2.45, 2.75) is 17.9 Å². The van der Waals surface area contributed by atoms with Crippen LogP contribution in [0.15, 0.2) is 11.0 Å². The zero-order chi connectivity index (χ0) is 13.6. The Hall–Kier alpha value is -1.88. The van der Waals surface area contributed by atoms with Crippen molar-refractivity contribution in [1.82, 2.24) is 25.0 Å². The molecular weight excluding hydrogens is 258 g/mol. The van der Waals surface area contributed by atoms with Gasteiger partial charge in [0.1, 0.15) is 17.7 Å². The second-order valence-corrected chi connectivity index (χ2v) is 4.23. The van der Waals surface area contributed by atoms with Crippen molar-refractivity contribution in [3.8, 4) is 0 Å². The van der Waals surface area contributed by atoms with Crippen molar-refractivity contribution < 1.29 is 20.1 Å². The van der Waals surface area contributed by atoms with Crippen molar-refractivity contribution in [1.29, 1.82) is 0 Å². The normalized spacial score (nSPS) is 31.1. The lowest BCUT2D eigenvalue weighted by molar-refractivity contribution is -0.155. The van der Waals surface area contributed by atoms with Gasteiger partial charge in [-0.25, -0.2) is 4.79 Å². The van der Waals surface area contributed by atoms with Gasteiger partial charge in [-0.05, 0) is 0 Å². The van der Waals surface area contributed by atoms with Crippen LogP contribution in [-0.4, -0.2) is 65.7 Å². The molecule has 10 nitrogen and oxygen atoms in total. The van der Waals surface area contributed by atoms with Crippen LogP contribution in [0.2, 0.25) is 0 Å². The van der Waals surface area contributed by atoms with Crippen molar-refractivity contribution in [2.75, 3.05) is 13.2 Å². The molecule has 0 aliphatic carbocycles. The van der Waals surface area contributed by atoms with Crippen LogP contribution < -0.4 is 5.69 Å². The van der Waals surface area contributed by atoms with Crippen LogP contribution in [-0.2, 0) is 10.5 Å². The van der Waals surface area contributed by atoms with Gasteiger partial charge in [-0.2, -0.15) is 9.67 Å². The summed E-state index contributed by atoms with van der Waals surface area (Å²) in [6.45, 7) is -0.692. The van der Waals surface area contributed by atoms with E-state index in [4.69, 9.17) is 4.74 Å². The minimum absolute atomic E-state index is 0.0884. The highest BCUT2D eigenvalue weighted by atomic mass is 16.6. The van der Waals surface area contributed by atoms with Crippen LogP contribution in [0.25, 0.3) is 11.2 Å². The number of aliphatic hydroxyl groups excluding tert-OH is 2. The highest BCUT2D eigenvalue weighted by Gasteiger charge is 2.53. The fourth-order valence-electron chi connectivity index (χ4n) is 2.13. The predicted octanol–water partition coefficient (Wildman–Crippen LogP) is -3.09. The molecular formula is C9H11N5O5. The van der Waals surface area contributed by atoms with Gasteiger partial charge in [-0.1, -0.05) is 5.21 Å². The third kappa shape index (κ3) is 1.58. The molecule has 0 spiro atoms. The molecule has 4 N–H and O–H groups in total. The lowest BCUT2D eigenvalue weighted by Crippen LogP contribution is -2.51. The van der Waals surface area contributed by atoms with E-state index in [2.05, 4.69) is 20.3 Å². The molecule has 1 saturated heterocycles. The monoisotopic (exact) mass is 269 g/mol. The van der Waals surface area contributed by atoms with Gasteiger partial charge >= 0.3 is 5.69 Å². The average molecular weight is 269 g/mol. The Balaban J connectivity index is 2.22. The van der Waals surface area contributed by atoms with Gasteiger partial charge in [-0.3, -0.25) is 4.98 Å². The summed E-state index contributed by atoms with van der Waals surface area (Å²) in [7, 11) is 0. The van der Waals surface area contributed by atoms with E-state index in [0.29, 0.717) is 0 Å². The Morgan fingerprint density at radius 1 is 1.63 bits per heavy atom. The lowest BCUT2D eigenvalue weighted by atomic mass is 10.0. The maximum absolute atomic E-state index is 11.2. The minimum Gasteiger partial charge on any atom is -0.393 e. The van der Waals surface area contributed by atoms with Crippen LogP contribution in [0.4, 0.5) is 0 Å². The topological polar surface area (TPSA) is 146 Å². The fraction of sp³-hybridized carbons (Fsp3) is 0.556. The molecule has 3 heterocycles. The Morgan fingerprint density at radius 3 is 3.16 bits per heavy atom. The molecule has 1 aliphatic rings. The third-order valence-corrected chi connectivity index (χ3v) is 3.15. The molecule has 2 aromatic rings. The maximum Gasteiger partial charge on any atom is 0.346 e. The number of H-pyrrole nitrogens is 1. The summed E-state index contributed by atoms with van der Waals surface area (Å²) in [6, 6.07) is 0. The molecule has 2 aromatic heterocycles. The van der Waals surface area contributed by atoms with Crippen LogP contribution in [0.3, 0.4) is 0 Å². The number of nitrogens with one attached hydrogen (secondary N) is 1. The molecule has 1 fully saturated rings. The Labute approximate surface area is 105 Å². The van der Waals surface area contributed by atoms with Crippen LogP contribution in [0.1, 0.15) is 0 Å². The van der Waals surface area contributed by atoms with Crippen LogP contribution >= 0.6 is 0 Å². The molecule has 0 bridgehead atoms. The number of hydrogen-bond donors (Lipinski definition) is 4. The molecule has 1 aliphatic heterocycles. The summed E-state index contributed by atoms with van der Waals surface area (Å²) in [5.74, 6) is 0. The number of fused-ring (bicyclic) bond motifs is 1. The second kappa shape index (κ2) is 4.06. The number of nitrogens with zero attached hydrogens (tertiary/aromatic N) is 4. The minimum atomic E-state index is -2.01. The highest BCUT2D eigenvalue weighted by molar-refractivity contribution is 5.67. The molecule has 19 heavy (non-hydrogen) atoms. The molecule has 0 aromatic carbocycles. The summed E-state index contributed by atoms with van der Waals surface area (Å²) >= 11 is 0. The average Bonchev–Trinajstić information content (AvgIpc) is 2.92.